The van der Waals surface area contributed by atoms with Crippen molar-refractivity contribution in [2.45, 2.75) is 32.2 Å². The summed E-state index contributed by atoms with van der Waals surface area (Å²) in [6.45, 7) is 5.45. The Morgan fingerprint density at radius 1 is 1.03 bits per heavy atom. The van der Waals surface area contributed by atoms with E-state index in [1.165, 1.54) is 0 Å². The zero-order valence-corrected chi connectivity index (χ0v) is 18.0. The largest absolute Gasteiger partial charge is 0.486 e. The lowest BCUT2D eigenvalue weighted by atomic mass is 9.88. The second-order valence-corrected chi connectivity index (χ2v) is 8.29. The molecule has 1 atom stereocenters. The van der Waals surface area contributed by atoms with Gasteiger partial charge < -0.3 is 19.7 Å². The first-order valence-corrected chi connectivity index (χ1v) is 11.1. The van der Waals surface area contributed by atoms with E-state index in [-0.39, 0.29) is 23.7 Å². The van der Waals surface area contributed by atoms with Crippen LogP contribution in [0.5, 0.6) is 11.5 Å². The van der Waals surface area contributed by atoms with E-state index in [1.54, 1.807) is 6.07 Å². The number of benzene rings is 2. The Hall–Kier alpha value is -2.86. The molecule has 1 N–H and O–H groups in total. The van der Waals surface area contributed by atoms with Crippen LogP contribution >= 0.6 is 0 Å². The molecule has 0 saturated carbocycles. The molecule has 2 aromatic carbocycles. The van der Waals surface area contributed by atoms with Crippen molar-refractivity contribution < 1.29 is 19.1 Å². The Kier molecular flexibility index (Phi) is 6.87. The molecule has 6 heteroatoms. The normalized spacial score (nSPS) is 17.7. The summed E-state index contributed by atoms with van der Waals surface area (Å²) in [7, 11) is 0. The topological polar surface area (TPSA) is 67.9 Å². The van der Waals surface area contributed by atoms with Gasteiger partial charge in [-0.3, -0.25) is 9.59 Å². The SMILES string of the molecule is CC(NC(=O)CCN1CCC(C(=O)c2ccc3c(c2)OCCO3)CC1)c1ccccc1. The molecule has 0 aromatic heterocycles. The summed E-state index contributed by atoms with van der Waals surface area (Å²) in [6.07, 6.45) is 2.10. The van der Waals surface area contributed by atoms with Crippen molar-refractivity contribution in [2.24, 2.45) is 5.92 Å². The lowest BCUT2D eigenvalue weighted by molar-refractivity contribution is -0.122. The monoisotopic (exact) mass is 422 g/mol. The molecule has 164 valence electrons. The summed E-state index contributed by atoms with van der Waals surface area (Å²) < 4.78 is 11.1. The zero-order valence-electron chi connectivity index (χ0n) is 18.0. The maximum atomic E-state index is 12.9. The number of hydrogen-bond acceptors (Lipinski definition) is 5. The quantitative estimate of drug-likeness (QED) is 0.691. The summed E-state index contributed by atoms with van der Waals surface area (Å²) in [5.74, 6) is 1.62. The van der Waals surface area contributed by atoms with Gasteiger partial charge in [-0.2, -0.15) is 0 Å². The van der Waals surface area contributed by atoms with E-state index < -0.39 is 0 Å². The fraction of sp³-hybridized carbons (Fsp3) is 0.440. The lowest BCUT2D eigenvalue weighted by Crippen LogP contribution is -2.39. The minimum atomic E-state index is 0.00283. The van der Waals surface area contributed by atoms with Crippen LogP contribution in [0.4, 0.5) is 0 Å². The van der Waals surface area contributed by atoms with Crippen molar-refractivity contribution in [1.29, 1.82) is 0 Å². The molecule has 1 unspecified atom stereocenters. The van der Waals surface area contributed by atoms with E-state index >= 15 is 0 Å². The van der Waals surface area contributed by atoms with Gasteiger partial charge in [-0.1, -0.05) is 30.3 Å². The Bertz CT molecular complexity index is 907. The standard InChI is InChI=1S/C25H30N2O4/c1-18(19-5-3-2-4-6-19)26-24(28)11-14-27-12-9-20(10-13-27)25(29)21-7-8-22-23(17-21)31-16-15-30-22/h2-8,17-18,20H,9-16H2,1H3,(H,26,28). The number of nitrogens with zero attached hydrogens (tertiary/aromatic N) is 1. The minimum Gasteiger partial charge on any atom is -0.486 e. The molecular weight excluding hydrogens is 392 g/mol. The summed E-state index contributed by atoms with van der Waals surface area (Å²) in [4.78, 5) is 27.5. The summed E-state index contributed by atoms with van der Waals surface area (Å²) in [6, 6.07) is 15.4. The molecule has 6 nitrogen and oxygen atoms in total. The Morgan fingerprint density at radius 2 is 1.74 bits per heavy atom. The van der Waals surface area contributed by atoms with Crippen LogP contribution < -0.4 is 14.8 Å². The van der Waals surface area contributed by atoms with Crippen molar-refractivity contribution >= 4 is 11.7 Å². The van der Waals surface area contributed by atoms with Gasteiger partial charge in [-0.05, 0) is 56.6 Å². The van der Waals surface area contributed by atoms with Gasteiger partial charge in [0.15, 0.2) is 17.3 Å². The first-order chi connectivity index (χ1) is 15.1. The minimum absolute atomic E-state index is 0.00283. The molecular formula is C25H30N2O4. The molecule has 31 heavy (non-hydrogen) atoms. The van der Waals surface area contributed by atoms with Crippen LogP contribution in [-0.4, -0.2) is 49.4 Å². The van der Waals surface area contributed by atoms with E-state index in [0.29, 0.717) is 36.7 Å². The number of likely N-dealkylation sites (tertiary alicyclic amines) is 1. The molecule has 0 radical (unpaired) electrons. The Balaban J connectivity index is 1.21. The molecule has 2 aliphatic rings. The third kappa shape index (κ3) is 5.44. The van der Waals surface area contributed by atoms with Crippen LogP contribution in [0, 0.1) is 5.92 Å². The summed E-state index contributed by atoms with van der Waals surface area (Å²) in [5.41, 5.74) is 1.80. The molecule has 2 aliphatic heterocycles. The predicted octanol–water partition coefficient (Wildman–Crippen LogP) is 3.62. The maximum absolute atomic E-state index is 12.9. The number of piperidine rings is 1. The van der Waals surface area contributed by atoms with Gasteiger partial charge in [0.25, 0.3) is 0 Å². The highest BCUT2D eigenvalue weighted by atomic mass is 16.6. The van der Waals surface area contributed by atoms with Gasteiger partial charge in [0.2, 0.25) is 5.91 Å². The third-order valence-electron chi connectivity index (χ3n) is 6.12. The van der Waals surface area contributed by atoms with Crippen LogP contribution in [0.3, 0.4) is 0 Å². The number of nitrogens with one attached hydrogen (secondary N) is 1. The second kappa shape index (κ2) is 9.96. The van der Waals surface area contributed by atoms with Gasteiger partial charge >= 0.3 is 0 Å². The highest BCUT2D eigenvalue weighted by Gasteiger charge is 2.27. The summed E-state index contributed by atoms with van der Waals surface area (Å²) >= 11 is 0. The number of fused-ring (bicyclic) bond motifs is 1. The molecule has 2 heterocycles. The van der Waals surface area contributed by atoms with Gasteiger partial charge in [0.05, 0.1) is 6.04 Å². The zero-order chi connectivity index (χ0) is 21.6. The number of ether oxygens (including phenoxy) is 2. The van der Waals surface area contributed by atoms with Crippen molar-refractivity contribution in [3.8, 4) is 11.5 Å². The van der Waals surface area contributed by atoms with E-state index in [9.17, 15) is 9.59 Å². The number of rotatable bonds is 7. The van der Waals surface area contributed by atoms with Crippen molar-refractivity contribution in [3.63, 3.8) is 0 Å². The fourth-order valence-electron chi connectivity index (χ4n) is 4.25. The summed E-state index contributed by atoms with van der Waals surface area (Å²) in [5, 5.41) is 3.07. The van der Waals surface area contributed by atoms with E-state index in [0.717, 1.165) is 38.0 Å². The van der Waals surface area contributed by atoms with Crippen LogP contribution in [-0.2, 0) is 4.79 Å². The highest BCUT2D eigenvalue weighted by molar-refractivity contribution is 5.98. The number of carbonyl (C=O) groups excluding carboxylic acids is 2. The second-order valence-electron chi connectivity index (χ2n) is 8.29. The van der Waals surface area contributed by atoms with E-state index in [1.807, 2.05) is 49.4 Å². The van der Waals surface area contributed by atoms with Crippen LogP contribution in [0.1, 0.15) is 48.1 Å². The van der Waals surface area contributed by atoms with Crippen molar-refractivity contribution in [1.82, 2.24) is 10.2 Å². The number of amides is 1. The number of ketones is 1. The molecule has 1 fully saturated rings. The highest BCUT2D eigenvalue weighted by Crippen LogP contribution is 2.32. The molecule has 4 rings (SSSR count). The molecule has 2 aromatic rings. The number of Topliss-reactive ketones (excluding diaryl/α,β-unsaturated/α-hetero) is 1. The van der Waals surface area contributed by atoms with Gasteiger partial charge in [-0.25, -0.2) is 0 Å². The lowest BCUT2D eigenvalue weighted by Gasteiger charge is -2.31. The maximum Gasteiger partial charge on any atom is 0.221 e. The first-order valence-electron chi connectivity index (χ1n) is 11.1. The molecule has 0 spiro atoms. The molecule has 0 bridgehead atoms. The molecule has 0 aliphatic carbocycles. The Labute approximate surface area is 183 Å². The average Bonchev–Trinajstić information content (AvgIpc) is 2.83. The first kappa shape index (κ1) is 21.4. The third-order valence-corrected chi connectivity index (χ3v) is 6.12. The Morgan fingerprint density at radius 3 is 2.48 bits per heavy atom. The van der Waals surface area contributed by atoms with Crippen molar-refractivity contribution in [3.05, 3.63) is 59.7 Å². The van der Waals surface area contributed by atoms with Gasteiger partial charge in [0, 0.05) is 24.4 Å². The van der Waals surface area contributed by atoms with Crippen LogP contribution in [0.2, 0.25) is 0 Å². The van der Waals surface area contributed by atoms with E-state index in [2.05, 4.69) is 10.2 Å². The van der Waals surface area contributed by atoms with Gasteiger partial charge in [-0.15, -0.1) is 0 Å². The number of carbonyl (C=O) groups is 2. The molecule has 1 amide bonds. The average molecular weight is 423 g/mol. The van der Waals surface area contributed by atoms with Crippen molar-refractivity contribution in [2.75, 3.05) is 32.8 Å². The van der Waals surface area contributed by atoms with Gasteiger partial charge in [0.1, 0.15) is 13.2 Å². The smallest absolute Gasteiger partial charge is 0.221 e. The molecule has 1 saturated heterocycles. The van der Waals surface area contributed by atoms with Crippen LogP contribution in [0.25, 0.3) is 0 Å². The fourth-order valence-corrected chi connectivity index (χ4v) is 4.25. The van der Waals surface area contributed by atoms with Crippen LogP contribution in [0.15, 0.2) is 48.5 Å². The van der Waals surface area contributed by atoms with E-state index in [4.69, 9.17) is 9.47 Å². The predicted molar refractivity (Wildman–Crippen MR) is 119 cm³/mol. The number of hydrogen-bond donors (Lipinski definition) is 1.